The third kappa shape index (κ3) is 11.0. The second-order valence-electron chi connectivity index (χ2n) is 8.69. The minimum Gasteiger partial charge on any atom is -0.490 e. The minimum absolute atomic E-state index is 0.171. The van der Waals surface area contributed by atoms with Crippen molar-refractivity contribution >= 4 is 5.97 Å². The molecule has 0 radical (unpaired) electrons. The first-order valence-electron chi connectivity index (χ1n) is 10.8. The van der Waals surface area contributed by atoms with Crippen molar-refractivity contribution in [2.45, 2.75) is 92.1 Å². The van der Waals surface area contributed by atoms with Gasteiger partial charge in [-0.1, -0.05) is 72.4 Å². The molecule has 3 heteroatoms. The molecule has 1 N–H and O–H groups in total. The van der Waals surface area contributed by atoms with Crippen LogP contribution in [0, 0.1) is 17.8 Å². The summed E-state index contributed by atoms with van der Waals surface area (Å²) in [6, 6.07) is 7.94. The summed E-state index contributed by atoms with van der Waals surface area (Å²) in [5, 5.41) is 8.80. The number of aryl methyl sites for hydroxylation is 1. The van der Waals surface area contributed by atoms with E-state index in [2.05, 4.69) is 34.6 Å². The Morgan fingerprint density at radius 3 is 2.19 bits per heavy atom. The molecule has 0 spiro atoms. The van der Waals surface area contributed by atoms with Crippen LogP contribution in [-0.4, -0.2) is 17.2 Å². The molecule has 154 valence electrons. The van der Waals surface area contributed by atoms with Crippen molar-refractivity contribution in [3.63, 3.8) is 0 Å². The van der Waals surface area contributed by atoms with Crippen molar-refractivity contribution in [1.29, 1.82) is 0 Å². The van der Waals surface area contributed by atoms with Crippen LogP contribution in [0.1, 0.15) is 85.1 Å². The van der Waals surface area contributed by atoms with E-state index >= 15 is 0 Å². The maximum atomic E-state index is 10.7. The topological polar surface area (TPSA) is 46.5 Å². The van der Waals surface area contributed by atoms with Gasteiger partial charge in [0.2, 0.25) is 0 Å². The molecule has 0 aliphatic rings. The molecule has 0 amide bonds. The van der Waals surface area contributed by atoms with E-state index in [1.54, 1.807) is 0 Å². The van der Waals surface area contributed by atoms with Gasteiger partial charge in [0.1, 0.15) is 5.75 Å². The fourth-order valence-electron chi connectivity index (χ4n) is 3.48. The van der Waals surface area contributed by atoms with Crippen molar-refractivity contribution in [2.75, 3.05) is 0 Å². The highest BCUT2D eigenvalue weighted by atomic mass is 16.5. The van der Waals surface area contributed by atoms with Crippen LogP contribution in [-0.2, 0) is 11.2 Å². The Balaban J connectivity index is 2.54. The molecule has 1 rings (SSSR count). The summed E-state index contributed by atoms with van der Waals surface area (Å²) in [6.45, 7) is 11.5. The molecule has 0 saturated heterocycles. The van der Waals surface area contributed by atoms with Gasteiger partial charge in [0.15, 0.2) is 0 Å². The van der Waals surface area contributed by atoms with Gasteiger partial charge in [0.05, 0.1) is 6.10 Å². The van der Waals surface area contributed by atoms with Crippen LogP contribution in [0.2, 0.25) is 0 Å². The molecule has 0 aromatic heterocycles. The summed E-state index contributed by atoms with van der Waals surface area (Å²) in [5.74, 6) is 2.26. The molecule has 27 heavy (non-hydrogen) atoms. The predicted octanol–water partition coefficient (Wildman–Crippen LogP) is 6.74. The van der Waals surface area contributed by atoms with E-state index < -0.39 is 5.97 Å². The quantitative estimate of drug-likeness (QED) is 0.391. The first kappa shape index (κ1) is 23.5. The molecule has 0 bridgehead atoms. The summed E-state index contributed by atoms with van der Waals surface area (Å²) >= 11 is 0. The minimum atomic E-state index is -0.755. The Hall–Kier alpha value is -1.51. The van der Waals surface area contributed by atoms with Gasteiger partial charge >= 0.3 is 5.97 Å². The summed E-state index contributed by atoms with van der Waals surface area (Å²) in [6.07, 6.45) is 8.33. The average molecular weight is 377 g/mol. The molecule has 0 aliphatic heterocycles. The van der Waals surface area contributed by atoms with Gasteiger partial charge in [0, 0.05) is 6.42 Å². The average Bonchev–Trinajstić information content (AvgIpc) is 2.60. The standard InChI is InChI=1S/C24H40O3/c1-6-19(4)8-7-9-20(5)17-23(16-18(2)3)27-22-13-10-21(11-14-22)12-15-24(25)26/h10-11,13-14,18-20,23H,6-9,12,15-17H2,1-5H3,(H,25,26). The molecule has 1 aromatic carbocycles. The number of rotatable bonds is 14. The second-order valence-corrected chi connectivity index (χ2v) is 8.69. The predicted molar refractivity (Wildman–Crippen MR) is 113 cm³/mol. The molecule has 1 aromatic rings. The molecule has 3 nitrogen and oxygen atoms in total. The lowest BCUT2D eigenvalue weighted by atomic mass is 9.91. The Labute approximate surface area is 166 Å². The normalized spacial score (nSPS) is 14.7. The van der Waals surface area contributed by atoms with Crippen molar-refractivity contribution in [3.8, 4) is 5.75 Å². The van der Waals surface area contributed by atoms with E-state index in [4.69, 9.17) is 9.84 Å². The third-order valence-corrected chi connectivity index (χ3v) is 5.34. The lowest BCUT2D eigenvalue weighted by molar-refractivity contribution is -0.136. The Kier molecular flexibility index (Phi) is 11.2. The van der Waals surface area contributed by atoms with E-state index in [1.165, 1.54) is 25.7 Å². The van der Waals surface area contributed by atoms with Gasteiger partial charge in [-0.25, -0.2) is 0 Å². The van der Waals surface area contributed by atoms with E-state index in [0.29, 0.717) is 18.3 Å². The molecular formula is C24H40O3. The highest BCUT2D eigenvalue weighted by Gasteiger charge is 2.17. The lowest BCUT2D eigenvalue weighted by Crippen LogP contribution is -2.22. The van der Waals surface area contributed by atoms with Crippen LogP contribution in [0.15, 0.2) is 24.3 Å². The highest BCUT2D eigenvalue weighted by Crippen LogP contribution is 2.25. The number of carboxylic acids is 1. The number of benzene rings is 1. The van der Waals surface area contributed by atoms with E-state index in [-0.39, 0.29) is 12.5 Å². The van der Waals surface area contributed by atoms with E-state index in [9.17, 15) is 4.79 Å². The number of hydrogen-bond donors (Lipinski definition) is 1. The van der Waals surface area contributed by atoms with Crippen LogP contribution in [0.5, 0.6) is 5.75 Å². The molecule has 0 heterocycles. The highest BCUT2D eigenvalue weighted by molar-refractivity contribution is 5.67. The van der Waals surface area contributed by atoms with Crippen LogP contribution in [0.25, 0.3) is 0 Å². The number of hydrogen-bond acceptors (Lipinski definition) is 2. The van der Waals surface area contributed by atoms with Gasteiger partial charge in [-0.05, 0) is 54.7 Å². The monoisotopic (exact) mass is 376 g/mol. The number of carboxylic acid groups (broad SMARTS) is 1. The molecule has 0 aliphatic carbocycles. The van der Waals surface area contributed by atoms with Crippen molar-refractivity contribution in [1.82, 2.24) is 0 Å². The fourth-order valence-corrected chi connectivity index (χ4v) is 3.48. The maximum Gasteiger partial charge on any atom is 0.303 e. The zero-order valence-electron chi connectivity index (χ0n) is 18.0. The Morgan fingerprint density at radius 1 is 1.00 bits per heavy atom. The first-order chi connectivity index (χ1) is 12.8. The van der Waals surface area contributed by atoms with Crippen molar-refractivity contribution in [3.05, 3.63) is 29.8 Å². The summed E-state index contributed by atoms with van der Waals surface area (Å²) in [7, 11) is 0. The smallest absolute Gasteiger partial charge is 0.303 e. The van der Waals surface area contributed by atoms with Gasteiger partial charge in [0.25, 0.3) is 0 Å². The zero-order valence-corrected chi connectivity index (χ0v) is 18.0. The van der Waals surface area contributed by atoms with E-state index in [0.717, 1.165) is 30.1 Å². The summed E-state index contributed by atoms with van der Waals surface area (Å²) < 4.78 is 6.31. The molecule has 0 saturated carbocycles. The van der Waals surface area contributed by atoms with Crippen molar-refractivity contribution in [2.24, 2.45) is 17.8 Å². The first-order valence-corrected chi connectivity index (χ1v) is 10.8. The molecule has 3 unspecified atom stereocenters. The summed E-state index contributed by atoms with van der Waals surface area (Å²) in [5.41, 5.74) is 1.04. The Bertz CT molecular complexity index is 521. The van der Waals surface area contributed by atoms with Crippen molar-refractivity contribution < 1.29 is 14.6 Å². The second kappa shape index (κ2) is 12.8. The van der Waals surface area contributed by atoms with E-state index in [1.807, 2.05) is 24.3 Å². The summed E-state index contributed by atoms with van der Waals surface area (Å²) in [4.78, 5) is 10.7. The van der Waals surface area contributed by atoms with Crippen LogP contribution in [0.4, 0.5) is 0 Å². The molecule has 3 atom stereocenters. The Morgan fingerprint density at radius 2 is 1.63 bits per heavy atom. The van der Waals surface area contributed by atoms with Gasteiger partial charge in [-0.2, -0.15) is 0 Å². The maximum absolute atomic E-state index is 10.7. The fraction of sp³-hybridized carbons (Fsp3) is 0.708. The number of aliphatic carboxylic acids is 1. The van der Waals surface area contributed by atoms with Gasteiger partial charge < -0.3 is 9.84 Å². The zero-order chi connectivity index (χ0) is 20.2. The SMILES string of the molecule is CCC(C)CCCC(C)CC(CC(C)C)Oc1ccc(CCC(=O)O)cc1. The lowest BCUT2D eigenvalue weighted by Gasteiger charge is -2.24. The van der Waals surface area contributed by atoms with Crippen LogP contribution in [0.3, 0.4) is 0 Å². The van der Waals surface area contributed by atoms with Crippen LogP contribution < -0.4 is 4.74 Å². The molecular weight excluding hydrogens is 336 g/mol. The van der Waals surface area contributed by atoms with Crippen LogP contribution >= 0.6 is 0 Å². The van der Waals surface area contributed by atoms with Gasteiger partial charge in [-0.3, -0.25) is 4.79 Å². The van der Waals surface area contributed by atoms with Gasteiger partial charge in [-0.15, -0.1) is 0 Å². The third-order valence-electron chi connectivity index (χ3n) is 5.34. The number of carbonyl (C=O) groups is 1. The largest absolute Gasteiger partial charge is 0.490 e. The molecule has 0 fully saturated rings. The number of ether oxygens (including phenoxy) is 1.